The average molecular weight is 238 g/mol. The van der Waals surface area contributed by atoms with Crippen molar-refractivity contribution in [3.8, 4) is 5.88 Å². The Hall–Kier alpha value is -1.78. The molecule has 94 valence electrons. The summed E-state index contributed by atoms with van der Waals surface area (Å²) in [7, 11) is 0. The van der Waals surface area contributed by atoms with E-state index in [2.05, 4.69) is 18.8 Å². The van der Waals surface area contributed by atoms with Gasteiger partial charge in [0.2, 0.25) is 5.88 Å². The number of pyridine rings is 1. The predicted molar refractivity (Wildman–Crippen MR) is 65.2 cm³/mol. The van der Waals surface area contributed by atoms with E-state index in [0.717, 1.165) is 12.8 Å². The molecule has 0 unspecified atom stereocenters. The molecule has 0 fully saturated rings. The molecule has 1 aromatic heterocycles. The van der Waals surface area contributed by atoms with Gasteiger partial charge in [-0.25, -0.2) is 9.78 Å². The summed E-state index contributed by atoms with van der Waals surface area (Å²) in [5.41, 5.74) is 5.80. The summed E-state index contributed by atoms with van der Waals surface area (Å²) in [4.78, 5) is 14.8. The molecular weight excluding hydrogens is 220 g/mol. The van der Waals surface area contributed by atoms with Gasteiger partial charge in [-0.1, -0.05) is 13.8 Å². The minimum Gasteiger partial charge on any atom is -0.477 e. The van der Waals surface area contributed by atoms with Crippen molar-refractivity contribution in [3.63, 3.8) is 0 Å². The van der Waals surface area contributed by atoms with E-state index in [1.54, 1.807) is 0 Å². The van der Waals surface area contributed by atoms with Gasteiger partial charge in [0, 0.05) is 0 Å². The average Bonchev–Trinajstić information content (AvgIpc) is 2.25. The monoisotopic (exact) mass is 238 g/mol. The zero-order valence-electron chi connectivity index (χ0n) is 10.1. The molecule has 1 aromatic rings. The van der Waals surface area contributed by atoms with E-state index >= 15 is 0 Å². The maximum Gasteiger partial charge on any atom is 0.341 e. The molecule has 0 aliphatic rings. The third kappa shape index (κ3) is 4.30. The molecule has 1 rings (SSSR count). The molecule has 0 radical (unpaired) electrons. The van der Waals surface area contributed by atoms with Gasteiger partial charge in [0.05, 0.1) is 18.5 Å². The first kappa shape index (κ1) is 13.3. The Morgan fingerprint density at radius 3 is 2.88 bits per heavy atom. The standard InChI is InChI=1S/C12H18N2O3/c1-8(2)4-3-5-17-11-10(12(15)16)6-9(13)7-14-11/h6-8H,3-5,13H2,1-2H3,(H,15,16). The molecule has 1 heterocycles. The second kappa shape index (κ2) is 6.08. The normalized spacial score (nSPS) is 10.5. The molecule has 0 atom stereocenters. The number of nitrogen functional groups attached to an aromatic ring is 1. The summed E-state index contributed by atoms with van der Waals surface area (Å²) < 4.78 is 5.36. The molecule has 3 N–H and O–H groups in total. The van der Waals surface area contributed by atoms with Crippen molar-refractivity contribution in [2.45, 2.75) is 26.7 Å². The Morgan fingerprint density at radius 2 is 2.29 bits per heavy atom. The van der Waals surface area contributed by atoms with Crippen molar-refractivity contribution in [1.29, 1.82) is 0 Å². The summed E-state index contributed by atoms with van der Waals surface area (Å²) in [6.45, 7) is 4.73. The number of hydrogen-bond donors (Lipinski definition) is 2. The van der Waals surface area contributed by atoms with Crippen molar-refractivity contribution in [3.05, 3.63) is 17.8 Å². The molecule has 17 heavy (non-hydrogen) atoms. The van der Waals surface area contributed by atoms with E-state index in [-0.39, 0.29) is 11.4 Å². The first-order valence-corrected chi connectivity index (χ1v) is 5.62. The fourth-order valence-electron chi connectivity index (χ4n) is 1.40. The number of carboxylic acids is 1. The zero-order chi connectivity index (χ0) is 12.8. The van der Waals surface area contributed by atoms with E-state index in [0.29, 0.717) is 18.2 Å². The van der Waals surface area contributed by atoms with Gasteiger partial charge < -0.3 is 15.6 Å². The van der Waals surface area contributed by atoms with Crippen LogP contribution in [0.1, 0.15) is 37.0 Å². The lowest BCUT2D eigenvalue weighted by molar-refractivity contribution is 0.0691. The van der Waals surface area contributed by atoms with Crippen LogP contribution in [-0.2, 0) is 0 Å². The summed E-state index contributed by atoms with van der Waals surface area (Å²) >= 11 is 0. The number of nitrogens with two attached hydrogens (primary N) is 1. The highest BCUT2D eigenvalue weighted by molar-refractivity contribution is 5.91. The van der Waals surface area contributed by atoms with Crippen LogP contribution < -0.4 is 10.5 Å². The van der Waals surface area contributed by atoms with E-state index < -0.39 is 5.97 Å². The Bertz CT molecular complexity index is 391. The largest absolute Gasteiger partial charge is 0.477 e. The molecule has 0 aliphatic carbocycles. The van der Waals surface area contributed by atoms with Gasteiger partial charge >= 0.3 is 5.97 Å². The molecule has 5 nitrogen and oxygen atoms in total. The van der Waals surface area contributed by atoms with E-state index in [1.165, 1.54) is 12.3 Å². The van der Waals surface area contributed by atoms with Crippen LogP contribution >= 0.6 is 0 Å². The van der Waals surface area contributed by atoms with E-state index in [9.17, 15) is 4.79 Å². The first-order valence-electron chi connectivity index (χ1n) is 5.62. The minimum absolute atomic E-state index is 0.00884. The van der Waals surface area contributed by atoms with E-state index in [1.807, 2.05) is 0 Å². The molecular formula is C12H18N2O3. The summed E-state index contributed by atoms with van der Waals surface area (Å²) in [6, 6.07) is 1.35. The van der Waals surface area contributed by atoms with Gasteiger partial charge in [-0.15, -0.1) is 0 Å². The van der Waals surface area contributed by atoms with Crippen LogP contribution in [0, 0.1) is 5.92 Å². The van der Waals surface area contributed by atoms with Crippen LogP contribution in [-0.4, -0.2) is 22.7 Å². The second-order valence-electron chi connectivity index (χ2n) is 4.31. The molecule has 0 bridgehead atoms. The number of aromatic carboxylic acids is 1. The number of carbonyl (C=O) groups is 1. The molecule has 5 heteroatoms. The van der Waals surface area contributed by atoms with Gasteiger partial charge in [0.1, 0.15) is 5.56 Å². The number of aromatic nitrogens is 1. The van der Waals surface area contributed by atoms with Crippen molar-refractivity contribution in [1.82, 2.24) is 4.98 Å². The van der Waals surface area contributed by atoms with Crippen LogP contribution in [0.25, 0.3) is 0 Å². The van der Waals surface area contributed by atoms with Crippen LogP contribution in [0.15, 0.2) is 12.3 Å². The van der Waals surface area contributed by atoms with Gasteiger partial charge in [-0.05, 0) is 24.8 Å². The fourth-order valence-corrected chi connectivity index (χ4v) is 1.40. The summed E-state index contributed by atoms with van der Waals surface area (Å²) in [5, 5.41) is 8.96. The van der Waals surface area contributed by atoms with E-state index in [4.69, 9.17) is 15.6 Å². The number of anilines is 1. The third-order valence-corrected chi connectivity index (χ3v) is 2.27. The van der Waals surface area contributed by atoms with Gasteiger partial charge in [0.15, 0.2) is 0 Å². The van der Waals surface area contributed by atoms with Crippen LogP contribution in [0.3, 0.4) is 0 Å². The Morgan fingerprint density at radius 1 is 1.59 bits per heavy atom. The fraction of sp³-hybridized carbons (Fsp3) is 0.500. The van der Waals surface area contributed by atoms with Crippen LogP contribution in [0.2, 0.25) is 0 Å². The molecule has 0 spiro atoms. The molecule has 0 aliphatic heterocycles. The summed E-state index contributed by atoms with van der Waals surface area (Å²) in [5.74, 6) is -0.337. The lowest BCUT2D eigenvalue weighted by Gasteiger charge is -2.09. The highest BCUT2D eigenvalue weighted by Gasteiger charge is 2.13. The minimum atomic E-state index is -1.08. The highest BCUT2D eigenvalue weighted by atomic mass is 16.5. The number of nitrogens with zero attached hydrogens (tertiary/aromatic N) is 1. The lowest BCUT2D eigenvalue weighted by Crippen LogP contribution is -2.07. The number of hydrogen-bond acceptors (Lipinski definition) is 4. The predicted octanol–water partition coefficient (Wildman–Crippen LogP) is 2.18. The lowest BCUT2D eigenvalue weighted by atomic mass is 10.1. The van der Waals surface area contributed by atoms with Crippen molar-refractivity contribution in [2.75, 3.05) is 12.3 Å². The topological polar surface area (TPSA) is 85.4 Å². The number of carboxylic acid groups (broad SMARTS) is 1. The van der Waals surface area contributed by atoms with Gasteiger partial charge in [-0.3, -0.25) is 0 Å². The van der Waals surface area contributed by atoms with Crippen molar-refractivity contribution in [2.24, 2.45) is 5.92 Å². The molecule has 0 saturated heterocycles. The van der Waals surface area contributed by atoms with Crippen molar-refractivity contribution < 1.29 is 14.6 Å². The quantitative estimate of drug-likeness (QED) is 0.742. The maximum absolute atomic E-state index is 10.9. The smallest absolute Gasteiger partial charge is 0.341 e. The molecule has 0 aromatic carbocycles. The second-order valence-corrected chi connectivity index (χ2v) is 4.31. The maximum atomic E-state index is 10.9. The van der Waals surface area contributed by atoms with Crippen LogP contribution in [0.4, 0.5) is 5.69 Å². The first-order chi connectivity index (χ1) is 8.00. The van der Waals surface area contributed by atoms with Crippen molar-refractivity contribution >= 4 is 11.7 Å². The Kier molecular flexibility index (Phi) is 4.75. The third-order valence-electron chi connectivity index (χ3n) is 2.27. The van der Waals surface area contributed by atoms with Gasteiger partial charge in [-0.2, -0.15) is 0 Å². The Balaban J connectivity index is 2.61. The summed E-state index contributed by atoms with van der Waals surface area (Å²) in [6.07, 6.45) is 3.31. The van der Waals surface area contributed by atoms with Crippen LogP contribution in [0.5, 0.6) is 5.88 Å². The molecule has 0 saturated carbocycles. The number of ether oxygens (including phenoxy) is 1. The van der Waals surface area contributed by atoms with Gasteiger partial charge in [0.25, 0.3) is 0 Å². The SMILES string of the molecule is CC(C)CCCOc1ncc(N)cc1C(=O)O. The highest BCUT2D eigenvalue weighted by Crippen LogP contribution is 2.18. The molecule has 0 amide bonds. The number of rotatable bonds is 6. The Labute approximate surface area is 101 Å². The zero-order valence-corrected chi connectivity index (χ0v) is 10.1.